The summed E-state index contributed by atoms with van der Waals surface area (Å²) in [7, 11) is 0. The van der Waals surface area contributed by atoms with Crippen LogP contribution in [0.3, 0.4) is 0 Å². The molecule has 14 heavy (non-hydrogen) atoms. The van der Waals surface area contributed by atoms with E-state index < -0.39 is 17.6 Å². The molecule has 0 atom stereocenters. The first-order valence-electron chi connectivity index (χ1n) is 3.85. The van der Waals surface area contributed by atoms with Gasteiger partial charge in [0.05, 0.1) is 11.3 Å². The Morgan fingerprint density at radius 3 is 2.43 bits per heavy atom. The number of halogens is 3. The van der Waals surface area contributed by atoms with Crippen LogP contribution in [0.25, 0.3) is 0 Å². The van der Waals surface area contributed by atoms with Gasteiger partial charge in [0.2, 0.25) is 5.91 Å². The van der Waals surface area contributed by atoms with E-state index in [-0.39, 0.29) is 7.11 Å². The molecule has 1 amide bonds. The fourth-order valence-electron chi connectivity index (χ4n) is 1.03. The second-order valence-electron chi connectivity index (χ2n) is 2.72. The predicted octanol–water partition coefficient (Wildman–Crippen LogP) is 2.91. The van der Waals surface area contributed by atoms with Gasteiger partial charge in [0, 0.05) is 8.35 Å². The summed E-state index contributed by atoms with van der Waals surface area (Å²) in [6, 6.07) is 4.84. The average molecular weight is 205 g/mol. The highest BCUT2D eigenvalue weighted by atomic mass is 19.4. The molecule has 0 aliphatic carbocycles. The summed E-state index contributed by atoms with van der Waals surface area (Å²) in [5, 5.41) is 2.12. The van der Waals surface area contributed by atoms with E-state index in [1.165, 1.54) is 18.2 Å². The molecule has 0 saturated carbocycles. The van der Waals surface area contributed by atoms with Crippen LogP contribution in [-0.4, -0.2) is 5.91 Å². The second-order valence-corrected chi connectivity index (χ2v) is 2.72. The highest BCUT2D eigenvalue weighted by molar-refractivity contribution is 5.89. The van der Waals surface area contributed by atoms with Gasteiger partial charge in [-0.25, -0.2) is 0 Å². The zero-order valence-corrected chi connectivity index (χ0v) is 7.35. The first-order valence-corrected chi connectivity index (χ1v) is 3.85. The fraction of sp³-hybridized carbons (Fsp3) is 0.222. The standard InChI is InChI=1S/C9H8F3NO.H2/c1-6(14)13-8-5-3-2-4-7(8)9(10,11)12;/h2-5H,1H3,(H,13,14);1H. The molecule has 0 fully saturated rings. The molecule has 1 aromatic carbocycles. The molecule has 1 aromatic rings. The van der Waals surface area contributed by atoms with Crippen molar-refractivity contribution in [3.05, 3.63) is 29.8 Å². The van der Waals surface area contributed by atoms with E-state index in [1.807, 2.05) is 0 Å². The summed E-state index contributed by atoms with van der Waals surface area (Å²) >= 11 is 0. The fourth-order valence-corrected chi connectivity index (χ4v) is 1.03. The van der Waals surface area contributed by atoms with Gasteiger partial charge in [0.1, 0.15) is 0 Å². The summed E-state index contributed by atoms with van der Waals surface area (Å²) in [6.07, 6.45) is -4.45. The summed E-state index contributed by atoms with van der Waals surface area (Å²) < 4.78 is 37.0. The van der Waals surface area contributed by atoms with Gasteiger partial charge in [0.25, 0.3) is 0 Å². The highest BCUT2D eigenvalue weighted by Crippen LogP contribution is 2.34. The molecule has 5 heteroatoms. The molecule has 0 radical (unpaired) electrons. The molecule has 0 saturated heterocycles. The number of carbonyl (C=O) groups is 1. The molecular weight excluding hydrogens is 195 g/mol. The van der Waals surface area contributed by atoms with Crippen molar-refractivity contribution < 1.29 is 19.4 Å². The molecule has 2 nitrogen and oxygen atoms in total. The smallest absolute Gasteiger partial charge is 0.326 e. The third-order valence-corrected chi connectivity index (χ3v) is 1.54. The molecule has 0 spiro atoms. The third kappa shape index (κ3) is 2.48. The lowest BCUT2D eigenvalue weighted by molar-refractivity contribution is -0.137. The molecule has 0 heterocycles. The number of nitrogens with one attached hydrogen (secondary N) is 1. The molecule has 1 rings (SSSR count). The normalized spacial score (nSPS) is 11.1. The van der Waals surface area contributed by atoms with Gasteiger partial charge < -0.3 is 5.32 Å². The van der Waals surface area contributed by atoms with E-state index in [0.29, 0.717) is 0 Å². The number of carbonyl (C=O) groups excluding carboxylic acids is 1. The maximum absolute atomic E-state index is 12.3. The molecule has 0 aliphatic rings. The number of hydrogen-bond donors (Lipinski definition) is 1. The van der Waals surface area contributed by atoms with Crippen LogP contribution < -0.4 is 5.32 Å². The first-order chi connectivity index (χ1) is 6.41. The van der Waals surface area contributed by atoms with E-state index in [1.54, 1.807) is 0 Å². The van der Waals surface area contributed by atoms with Crippen molar-refractivity contribution in [2.24, 2.45) is 0 Å². The Labute approximate surface area is 80.2 Å². The lowest BCUT2D eigenvalue weighted by Gasteiger charge is -2.12. The zero-order chi connectivity index (χ0) is 10.8. The molecule has 78 valence electrons. The van der Waals surface area contributed by atoms with Crippen LogP contribution in [-0.2, 0) is 11.0 Å². The van der Waals surface area contributed by atoms with Crippen molar-refractivity contribution in [2.45, 2.75) is 13.1 Å². The summed E-state index contributed by atoms with van der Waals surface area (Å²) in [5.41, 5.74) is -1.05. The van der Waals surface area contributed by atoms with Crippen LogP contribution in [0.4, 0.5) is 18.9 Å². The summed E-state index contributed by atoms with van der Waals surface area (Å²) in [5.74, 6) is -0.526. The molecule has 1 N–H and O–H groups in total. The molecule has 0 aromatic heterocycles. The maximum atomic E-state index is 12.3. The van der Waals surface area contributed by atoms with E-state index in [0.717, 1.165) is 13.0 Å². The van der Waals surface area contributed by atoms with Crippen molar-refractivity contribution in [1.29, 1.82) is 0 Å². The minimum absolute atomic E-state index is 0. The Balaban J connectivity index is 0.00000196. The number of hydrogen-bond acceptors (Lipinski definition) is 1. The average Bonchev–Trinajstić information content (AvgIpc) is 2.01. The third-order valence-electron chi connectivity index (χ3n) is 1.54. The van der Waals surface area contributed by atoms with Crippen LogP contribution in [0.2, 0.25) is 0 Å². The molecular formula is C9H10F3NO. The van der Waals surface area contributed by atoms with Gasteiger partial charge in [-0.15, -0.1) is 0 Å². The maximum Gasteiger partial charge on any atom is 0.418 e. The molecule has 0 bridgehead atoms. The summed E-state index contributed by atoms with van der Waals surface area (Å²) in [4.78, 5) is 10.6. The second kappa shape index (κ2) is 3.69. The Hall–Kier alpha value is -1.52. The predicted molar refractivity (Wildman–Crippen MR) is 47.9 cm³/mol. The van der Waals surface area contributed by atoms with Crippen molar-refractivity contribution in [2.75, 3.05) is 5.32 Å². The number of anilines is 1. The van der Waals surface area contributed by atoms with E-state index in [9.17, 15) is 18.0 Å². The van der Waals surface area contributed by atoms with Crippen LogP contribution >= 0.6 is 0 Å². The van der Waals surface area contributed by atoms with Crippen LogP contribution in [0.5, 0.6) is 0 Å². The Morgan fingerprint density at radius 2 is 1.93 bits per heavy atom. The van der Waals surface area contributed by atoms with Gasteiger partial charge >= 0.3 is 6.18 Å². The Kier molecular flexibility index (Phi) is 2.78. The SMILES string of the molecule is CC(=O)Nc1ccccc1C(F)(F)F.[HH]. The quantitative estimate of drug-likeness (QED) is 0.750. The molecule has 0 aliphatic heterocycles. The summed E-state index contributed by atoms with van der Waals surface area (Å²) in [6.45, 7) is 1.16. The Bertz CT molecular complexity index is 351. The van der Waals surface area contributed by atoms with Gasteiger partial charge in [-0.2, -0.15) is 13.2 Å². The van der Waals surface area contributed by atoms with Gasteiger partial charge in [-0.3, -0.25) is 4.79 Å². The number of rotatable bonds is 1. The van der Waals surface area contributed by atoms with Crippen LogP contribution in [0.15, 0.2) is 24.3 Å². The monoisotopic (exact) mass is 205 g/mol. The number of amides is 1. The first kappa shape index (κ1) is 10.6. The lowest BCUT2D eigenvalue weighted by atomic mass is 10.1. The van der Waals surface area contributed by atoms with Gasteiger partial charge in [-0.05, 0) is 12.1 Å². The number of benzene rings is 1. The number of para-hydroxylation sites is 1. The van der Waals surface area contributed by atoms with Crippen molar-refractivity contribution in [3.8, 4) is 0 Å². The minimum atomic E-state index is -4.45. The number of alkyl halides is 3. The van der Waals surface area contributed by atoms with Crippen LogP contribution in [0, 0.1) is 0 Å². The zero-order valence-electron chi connectivity index (χ0n) is 7.35. The van der Waals surface area contributed by atoms with E-state index in [4.69, 9.17) is 0 Å². The van der Waals surface area contributed by atoms with Crippen molar-refractivity contribution >= 4 is 11.6 Å². The van der Waals surface area contributed by atoms with Gasteiger partial charge in [0.15, 0.2) is 0 Å². The van der Waals surface area contributed by atoms with E-state index >= 15 is 0 Å². The minimum Gasteiger partial charge on any atom is -0.326 e. The Morgan fingerprint density at radius 1 is 1.36 bits per heavy atom. The van der Waals surface area contributed by atoms with Gasteiger partial charge in [-0.1, -0.05) is 12.1 Å². The van der Waals surface area contributed by atoms with Crippen molar-refractivity contribution in [1.82, 2.24) is 0 Å². The topological polar surface area (TPSA) is 29.1 Å². The largest absolute Gasteiger partial charge is 0.418 e. The van der Waals surface area contributed by atoms with Crippen LogP contribution in [0.1, 0.15) is 13.9 Å². The molecule has 0 unspecified atom stereocenters. The highest BCUT2D eigenvalue weighted by Gasteiger charge is 2.33. The van der Waals surface area contributed by atoms with E-state index in [2.05, 4.69) is 5.32 Å². The lowest BCUT2D eigenvalue weighted by Crippen LogP contribution is -2.13. The van der Waals surface area contributed by atoms with Crippen molar-refractivity contribution in [3.63, 3.8) is 0 Å².